The first-order valence-electron chi connectivity index (χ1n) is 5.82. The van der Waals surface area contributed by atoms with Gasteiger partial charge in [0.05, 0.1) is 4.90 Å². The molecule has 1 aromatic rings. The van der Waals surface area contributed by atoms with Crippen molar-refractivity contribution in [1.29, 1.82) is 0 Å². The number of benzene rings is 1. The molecule has 0 bridgehead atoms. The largest absolute Gasteiger partial charge is 0.396 e. The van der Waals surface area contributed by atoms with Gasteiger partial charge >= 0.3 is 0 Å². The molecule has 1 atom stereocenters. The van der Waals surface area contributed by atoms with Crippen LogP contribution in [0.15, 0.2) is 23.1 Å². The highest BCUT2D eigenvalue weighted by Gasteiger charge is 2.32. The zero-order valence-corrected chi connectivity index (χ0v) is 11.0. The molecule has 1 saturated heterocycles. The molecule has 1 unspecified atom stereocenters. The highest BCUT2D eigenvalue weighted by molar-refractivity contribution is 7.89. The summed E-state index contributed by atoms with van der Waals surface area (Å²) in [5.41, 5.74) is 0.420. The van der Waals surface area contributed by atoms with E-state index in [2.05, 4.69) is 0 Å². The minimum absolute atomic E-state index is 0.0185. The molecule has 1 aliphatic rings. The van der Waals surface area contributed by atoms with E-state index in [1.54, 1.807) is 6.92 Å². The molecule has 1 aliphatic heterocycles. The van der Waals surface area contributed by atoms with Crippen LogP contribution < -0.4 is 0 Å². The molecule has 0 radical (unpaired) electrons. The molecule has 0 spiro atoms. The van der Waals surface area contributed by atoms with E-state index in [1.807, 2.05) is 0 Å². The number of sulfonamides is 1. The molecule has 1 heterocycles. The van der Waals surface area contributed by atoms with Gasteiger partial charge in [0, 0.05) is 19.7 Å². The van der Waals surface area contributed by atoms with Crippen molar-refractivity contribution in [3.05, 3.63) is 29.6 Å². The molecule has 0 aliphatic carbocycles. The first kappa shape index (κ1) is 13.5. The van der Waals surface area contributed by atoms with Crippen LogP contribution in [-0.4, -0.2) is 37.5 Å². The van der Waals surface area contributed by atoms with Crippen LogP contribution in [0.2, 0.25) is 0 Å². The molecule has 2 rings (SSSR count). The summed E-state index contributed by atoms with van der Waals surface area (Å²) >= 11 is 0. The Morgan fingerprint density at radius 3 is 2.78 bits per heavy atom. The van der Waals surface area contributed by atoms with Gasteiger partial charge in [0.2, 0.25) is 10.0 Å². The molecule has 1 fully saturated rings. The molecule has 4 nitrogen and oxygen atoms in total. The van der Waals surface area contributed by atoms with Crippen LogP contribution in [0.25, 0.3) is 0 Å². The van der Waals surface area contributed by atoms with Crippen molar-refractivity contribution in [3.63, 3.8) is 0 Å². The lowest BCUT2D eigenvalue weighted by atomic mass is 10.1. The average molecular weight is 273 g/mol. The first-order chi connectivity index (χ1) is 8.45. The predicted octanol–water partition coefficient (Wildman–Crippen LogP) is 1.14. The Bertz CT molecular complexity index is 544. The summed E-state index contributed by atoms with van der Waals surface area (Å²) in [6.07, 6.45) is 0.643. The Morgan fingerprint density at radius 1 is 1.50 bits per heavy atom. The van der Waals surface area contributed by atoms with E-state index >= 15 is 0 Å². The fourth-order valence-electron chi connectivity index (χ4n) is 2.05. The van der Waals surface area contributed by atoms with Crippen LogP contribution in [-0.2, 0) is 10.0 Å². The van der Waals surface area contributed by atoms with Crippen molar-refractivity contribution in [1.82, 2.24) is 4.31 Å². The fraction of sp³-hybridized carbons (Fsp3) is 0.500. The van der Waals surface area contributed by atoms with Crippen molar-refractivity contribution >= 4 is 10.0 Å². The van der Waals surface area contributed by atoms with Gasteiger partial charge in [-0.15, -0.1) is 0 Å². The minimum Gasteiger partial charge on any atom is -0.396 e. The topological polar surface area (TPSA) is 57.6 Å². The summed E-state index contributed by atoms with van der Waals surface area (Å²) in [6, 6.07) is 3.93. The SMILES string of the molecule is Cc1ccc(S(=O)(=O)N2CCC(CO)C2)cc1F. The standard InChI is InChI=1S/C12H16FNO3S/c1-9-2-3-11(6-12(9)13)18(16,17)14-5-4-10(7-14)8-15/h2-3,6,10,15H,4-5,7-8H2,1H3. The van der Waals surface area contributed by atoms with Crippen molar-refractivity contribution in [2.75, 3.05) is 19.7 Å². The summed E-state index contributed by atoms with van der Waals surface area (Å²) in [6.45, 7) is 2.25. The van der Waals surface area contributed by atoms with Crippen molar-refractivity contribution < 1.29 is 17.9 Å². The summed E-state index contributed by atoms with van der Waals surface area (Å²) in [5, 5.41) is 9.02. The van der Waals surface area contributed by atoms with Gasteiger partial charge in [-0.3, -0.25) is 0 Å². The fourth-order valence-corrected chi connectivity index (χ4v) is 3.59. The average Bonchev–Trinajstić information content (AvgIpc) is 2.81. The van der Waals surface area contributed by atoms with E-state index in [4.69, 9.17) is 5.11 Å². The Kier molecular flexibility index (Phi) is 3.70. The summed E-state index contributed by atoms with van der Waals surface area (Å²) in [7, 11) is -3.64. The summed E-state index contributed by atoms with van der Waals surface area (Å²) < 4.78 is 39.2. The molecule has 0 amide bonds. The number of aliphatic hydroxyl groups is 1. The van der Waals surface area contributed by atoms with Crippen molar-refractivity contribution in [2.24, 2.45) is 5.92 Å². The number of hydrogen-bond acceptors (Lipinski definition) is 3. The third-order valence-electron chi connectivity index (χ3n) is 3.29. The maximum atomic E-state index is 13.4. The predicted molar refractivity (Wildman–Crippen MR) is 65.1 cm³/mol. The highest BCUT2D eigenvalue weighted by Crippen LogP contribution is 2.25. The van der Waals surface area contributed by atoms with E-state index in [0.717, 1.165) is 6.07 Å². The van der Waals surface area contributed by atoms with Crippen LogP contribution in [0.4, 0.5) is 4.39 Å². The monoisotopic (exact) mass is 273 g/mol. The van der Waals surface area contributed by atoms with Gasteiger partial charge in [-0.1, -0.05) is 6.07 Å². The Hall–Kier alpha value is -0.980. The van der Waals surface area contributed by atoms with E-state index in [9.17, 15) is 12.8 Å². The van der Waals surface area contributed by atoms with Crippen LogP contribution in [0.3, 0.4) is 0 Å². The third kappa shape index (κ3) is 2.41. The summed E-state index contributed by atoms with van der Waals surface area (Å²) in [4.78, 5) is -0.0239. The van der Waals surface area contributed by atoms with Gasteiger partial charge in [-0.25, -0.2) is 12.8 Å². The molecular formula is C12H16FNO3S. The van der Waals surface area contributed by atoms with Gasteiger partial charge in [0.25, 0.3) is 0 Å². The summed E-state index contributed by atoms with van der Waals surface area (Å²) in [5.74, 6) is -0.538. The maximum absolute atomic E-state index is 13.4. The Morgan fingerprint density at radius 2 is 2.22 bits per heavy atom. The van der Waals surface area contributed by atoms with Crippen LogP contribution in [0, 0.1) is 18.7 Å². The lowest BCUT2D eigenvalue weighted by Crippen LogP contribution is -2.29. The zero-order valence-electron chi connectivity index (χ0n) is 10.1. The number of nitrogens with zero attached hydrogens (tertiary/aromatic N) is 1. The molecule has 18 heavy (non-hydrogen) atoms. The number of rotatable bonds is 3. The normalized spacial score (nSPS) is 21.4. The third-order valence-corrected chi connectivity index (χ3v) is 5.15. The second-order valence-electron chi connectivity index (χ2n) is 4.61. The highest BCUT2D eigenvalue weighted by atomic mass is 32.2. The zero-order chi connectivity index (χ0) is 13.3. The Labute approximate surface area is 106 Å². The number of aryl methyl sites for hydroxylation is 1. The molecule has 0 saturated carbocycles. The maximum Gasteiger partial charge on any atom is 0.243 e. The van der Waals surface area contributed by atoms with E-state index in [-0.39, 0.29) is 17.4 Å². The van der Waals surface area contributed by atoms with Gasteiger partial charge in [-0.2, -0.15) is 4.31 Å². The lowest BCUT2D eigenvalue weighted by molar-refractivity contribution is 0.233. The smallest absolute Gasteiger partial charge is 0.243 e. The first-order valence-corrected chi connectivity index (χ1v) is 7.26. The Balaban J connectivity index is 2.28. The second-order valence-corrected chi connectivity index (χ2v) is 6.55. The molecular weight excluding hydrogens is 257 g/mol. The van der Waals surface area contributed by atoms with Crippen molar-refractivity contribution in [3.8, 4) is 0 Å². The van der Waals surface area contributed by atoms with Crippen LogP contribution in [0.5, 0.6) is 0 Å². The number of aliphatic hydroxyl groups excluding tert-OH is 1. The molecule has 1 N–H and O–H groups in total. The molecule has 100 valence electrons. The number of hydrogen-bond donors (Lipinski definition) is 1. The van der Waals surface area contributed by atoms with Crippen LogP contribution in [0.1, 0.15) is 12.0 Å². The van der Waals surface area contributed by atoms with Gasteiger partial charge in [0.15, 0.2) is 0 Å². The van der Waals surface area contributed by atoms with Crippen LogP contribution >= 0.6 is 0 Å². The van der Waals surface area contributed by atoms with E-state index in [1.165, 1.54) is 16.4 Å². The minimum atomic E-state index is -3.64. The van der Waals surface area contributed by atoms with Gasteiger partial charge < -0.3 is 5.11 Å². The molecule has 1 aromatic carbocycles. The van der Waals surface area contributed by atoms with Crippen molar-refractivity contribution in [2.45, 2.75) is 18.2 Å². The molecule has 6 heteroatoms. The van der Waals surface area contributed by atoms with E-state index < -0.39 is 15.8 Å². The number of halogens is 1. The molecule has 0 aromatic heterocycles. The van der Waals surface area contributed by atoms with E-state index in [0.29, 0.717) is 25.1 Å². The van der Waals surface area contributed by atoms with Gasteiger partial charge in [-0.05, 0) is 37.0 Å². The second kappa shape index (κ2) is 4.95. The quantitative estimate of drug-likeness (QED) is 0.898. The lowest BCUT2D eigenvalue weighted by Gasteiger charge is -2.16. The van der Waals surface area contributed by atoms with Gasteiger partial charge in [0.1, 0.15) is 5.82 Å².